The van der Waals surface area contributed by atoms with E-state index in [1.54, 1.807) is 11.1 Å². The largest absolute Gasteiger partial charge is 0.516 e. The first kappa shape index (κ1) is 32.0. The zero-order valence-corrected chi connectivity index (χ0v) is 26.5. The second kappa shape index (κ2) is 13.1. The van der Waals surface area contributed by atoms with Crippen molar-refractivity contribution in [2.75, 3.05) is 38.7 Å². The molecule has 3 aliphatic heterocycles. The number of hydrogen-bond donors (Lipinski definition) is 0. The van der Waals surface area contributed by atoms with Gasteiger partial charge in [-0.1, -0.05) is 36.4 Å². The molecule has 0 unspecified atom stereocenters. The predicted molar refractivity (Wildman–Crippen MR) is 167 cm³/mol. The molecule has 3 aromatic carbocycles. The van der Waals surface area contributed by atoms with E-state index in [1.165, 1.54) is 52.7 Å². The zero-order valence-electron chi connectivity index (χ0n) is 25.6. The molecule has 0 N–H and O–H groups in total. The first-order chi connectivity index (χ1) is 23.8. The van der Waals surface area contributed by atoms with Crippen LogP contribution in [0.5, 0.6) is 11.5 Å². The lowest BCUT2D eigenvalue weighted by Crippen LogP contribution is -2.66. The van der Waals surface area contributed by atoms with Crippen molar-refractivity contribution in [3.8, 4) is 11.5 Å². The van der Waals surface area contributed by atoms with Crippen LogP contribution in [-0.2, 0) is 20.0 Å². The van der Waals surface area contributed by atoms with Crippen molar-refractivity contribution in [3.63, 3.8) is 0 Å². The number of para-hydroxylation sites is 1. The van der Waals surface area contributed by atoms with Crippen molar-refractivity contribution in [2.45, 2.75) is 22.9 Å². The molecule has 250 valence electrons. The molecular formula is C34H25F2N3O9S. The van der Waals surface area contributed by atoms with Crippen LogP contribution in [0.15, 0.2) is 70.4 Å². The van der Waals surface area contributed by atoms with Crippen molar-refractivity contribution in [2.24, 2.45) is 0 Å². The van der Waals surface area contributed by atoms with Crippen LogP contribution >= 0.6 is 11.8 Å². The van der Waals surface area contributed by atoms with Crippen LogP contribution in [0.3, 0.4) is 0 Å². The molecule has 15 heteroatoms. The summed E-state index contributed by atoms with van der Waals surface area (Å²) in [7, 11) is 1.17. The molecule has 4 heterocycles. The van der Waals surface area contributed by atoms with Gasteiger partial charge in [0.1, 0.15) is 23.5 Å². The summed E-state index contributed by atoms with van der Waals surface area (Å²) in [4.78, 5) is 54.1. The van der Waals surface area contributed by atoms with Crippen molar-refractivity contribution in [1.82, 2.24) is 9.58 Å². The fourth-order valence-corrected chi connectivity index (χ4v) is 7.17. The number of amides is 1. The number of halogens is 2. The van der Waals surface area contributed by atoms with Gasteiger partial charge in [-0.05, 0) is 35.4 Å². The molecule has 12 nitrogen and oxygen atoms in total. The Hall–Kier alpha value is -5.59. The number of rotatable bonds is 6. The van der Waals surface area contributed by atoms with Crippen molar-refractivity contribution in [3.05, 3.63) is 123 Å². The van der Waals surface area contributed by atoms with Gasteiger partial charge in [-0.15, -0.1) is 11.8 Å². The van der Waals surface area contributed by atoms with E-state index in [9.17, 15) is 23.6 Å². The molecule has 49 heavy (non-hydrogen) atoms. The number of ether oxygens (including phenoxy) is 5. The zero-order chi connectivity index (χ0) is 34.2. The van der Waals surface area contributed by atoms with E-state index >= 15 is 4.39 Å². The van der Waals surface area contributed by atoms with Gasteiger partial charge in [0.15, 0.2) is 17.3 Å². The number of nitrogens with zero attached hydrogens (tertiary/aromatic N) is 3. The first-order valence-electron chi connectivity index (χ1n) is 14.9. The quantitative estimate of drug-likeness (QED) is 0.164. The number of hydrogen-bond acceptors (Lipinski definition) is 11. The molecule has 7 rings (SSSR count). The number of benzene rings is 3. The third kappa shape index (κ3) is 5.68. The van der Waals surface area contributed by atoms with E-state index in [1.807, 2.05) is 24.3 Å². The average molecular weight is 690 g/mol. The lowest BCUT2D eigenvalue weighted by atomic mass is 9.93. The summed E-state index contributed by atoms with van der Waals surface area (Å²) in [5, 5.41) is 1.71. The van der Waals surface area contributed by atoms with Gasteiger partial charge in [0.25, 0.3) is 11.3 Å². The number of fused-ring (bicyclic) bond motifs is 4. The van der Waals surface area contributed by atoms with E-state index in [4.69, 9.17) is 23.7 Å². The van der Waals surface area contributed by atoms with Gasteiger partial charge in [0.2, 0.25) is 12.5 Å². The summed E-state index contributed by atoms with van der Waals surface area (Å²) in [5.74, 6) is -3.81. The van der Waals surface area contributed by atoms with Gasteiger partial charge in [0.05, 0.1) is 20.3 Å². The summed E-state index contributed by atoms with van der Waals surface area (Å²) in [6.45, 7) is -0.472. The van der Waals surface area contributed by atoms with E-state index in [0.29, 0.717) is 5.56 Å². The molecular weight excluding hydrogens is 664 g/mol. The fourth-order valence-electron chi connectivity index (χ4n) is 6.06. The highest BCUT2D eigenvalue weighted by Gasteiger charge is 2.46. The van der Waals surface area contributed by atoms with Crippen molar-refractivity contribution < 1.29 is 46.8 Å². The van der Waals surface area contributed by atoms with Crippen molar-refractivity contribution in [1.29, 1.82) is 0 Å². The van der Waals surface area contributed by atoms with Gasteiger partial charge in [-0.3, -0.25) is 14.6 Å². The molecule has 3 aliphatic rings. The fraction of sp³-hybridized carbons (Fsp3) is 0.235. The number of carbonyl (C=O) groups is 3. The standard InChI is InChI=1S/C34H25F2N3O9S/c1-44-33(42)20-6-2-4-8-25(20)48-34(43)47-18-46-31-24(40)12-13-38-30(31)32(41)37-14-15-45-16-27(37)39(38)29-19-10-11-23(35)28(36)22(19)17-49-26-9-5-3-7-21(26)29/h2-11,27,29H,14-18H2,1H3/t27-,29+/m1/s1. The van der Waals surface area contributed by atoms with Crippen molar-refractivity contribution >= 4 is 29.8 Å². The van der Waals surface area contributed by atoms with Gasteiger partial charge in [0, 0.05) is 35.0 Å². The van der Waals surface area contributed by atoms with Crippen LogP contribution in [0, 0.1) is 23.9 Å². The molecule has 1 fully saturated rings. The average Bonchev–Trinajstić information content (AvgIpc) is 3.28. The number of aromatic nitrogens is 1. The maximum absolute atomic E-state index is 15.4. The maximum Gasteiger partial charge on any atom is 0.516 e. The lowest BCUT2D eigenvalue weighted by molar-refractivity contribution is -0.0206. The van der Waals surface area contributed by atoms with E-state index < -0.39 is 59.8 Å². The highest BCUT2D eigenvalue weighted by Crippen LogP contribution is 2.45. The summed E-state index contributed by atoms with van der Waals surface area (Å²) >= 11 is 1.34. The Bertz CT molecular complexity index is 2040. The summed E-state index contributed by atoms with van der Waals surface area (Å²) in [6, 6.07) is 17.4. The maximum atomic E-state index is 15.4. The Balaban J connectivity index is 1.27. The van der Waals surface area contributed by atoms with Gasteiger partial charge >= 0.3 is 12.1 Å². The molecule has 2 atom stereocenters. The molecule has 4 aromatic rings. The number of thioether (sulfide) groups is 1. The Morgan fingerprint density at radius 3 is 2.67 bits per heavy atom. The first-order valence-corrected chi connectivity index (χ1v) is 15.9. The Morgan fingerprint density at radius 1 is 1.04 bits per heavy atom. The number of carbonyl (C=O) groups excluding carboxylic acids is 3. The Kier molecular flexibility index (Phi) is 8.57. The molecule has 1 amide bonds. The van der Waals surface area contributed by atoms with Gasteiger partial charge in [-0.2, -0.15) is 0 Å². The monoisotopic (exact) mass is 689 g/mol. The highest BCUT2D eigenvalue weighted by molar-refractivity contribution is 7.98. The minimum Gasteiger partial charge on any atom is -0.465 e. The molecule has 0 bridgehead atoms. The summed E-state index contributed by atoms with van der Waals surface area (Å²) < 4.78 is 57.5. The number of morpholine rings is 1. The lowest BCUT2D eigenvalue weighted by Gasteiger charge is -2.50. The Labute approximate surface area is 281 Å². The Morgan fingerprint density at radius 2 is 1.84 bits per heavy atom. The predicted octanol–water partition coefficient (Wildman–Crippen LogP) is 4.21. The second-order valence-corrected chi connectivity index (χ2v) is 11.9. The smallest absolute Gasteiger partial charge is 0.465 e. The minimum atomic E-state index is -1.27. The van der Waals surface area contributed by atoms with E-state index in [-0.39, 0.29) is 48.1 Å². The molecule has 1 saturated heterocycles. The van der Waals surface area contributed by atoms with Crippen LogP contribution in [0.25, 0.3) is 0 Å². The molecule has 0 spiro atoms. The summed E-state index contributed by atoms with van der Waals surface area (Å²) in [5.41, 5.74) is 0.177. The summed E-state index contributed by atoms with van der Waals surface area (Å²) in [6.07, 6.45) is 0.708. The highest BCUT2D eigenvalue weighted by atomic mass is 32.2. The third-order valence-electron chi connectivity index (χ3n) is 8.25. The minimum absolute atomic E-state index is 0.0307. The van der Waals surface area contributed by atoms with Crippen LogP contribution in [0.2, 0.25) is 0 Å². The third-order valence-corrected chi connectivity index (χ3v) is 9.37. The topological polar surface area (TPSA) is 126 Å². The van der Waals surface area contributed by atoms with Crippen LogP contribution in [-0.4, -0.2) is 67.4 Å². The second-order valence-electron chi connectivity index (χ2n) is 10.9. The van der Waals surface area contributed by atoms with E-state index in [0.717, 1.165) is 16.5 Å². The van der Waals surface area contributed by atoms with Gasteiger partial charge < -0.3 is 28.6 Å². The molecule has 1 aromatic heterocycles. The number of esters is 1. The van der Waals surface area contributed by atoms with Crippen LogP contribution in [0.4, 0.5) is 13.6 Å². The van der Waals surface area contributed by atoms with Crippen LogP contribution in [0.1, 0.15) is 43.6 Å². The molecule has 0 saturated carbocycles. The van der Waals surface area contributed by atoms with E-state index in [2.05, 4.69) is 12.3 Å². The normalized spacial score (nSPS) is 17.7. The molecule has 0 radical (unpaired) electrons. The van der Waals surface area contributed by atoms with Crippen LogP contribution < -0.4 is 19.9 Å². The number of methoxy groups -OCH3 is 1. The SMILES string of the molecule is COC(=O)c1ccccc1OC(=O)OCOc1c2n(c#cc1=O)N([C@@H]1c3ccccc3SCc3c1ccc(F)c3F)[C@@H]1COCCN1C2=O. The molecule has 0 aliphatic carbocycles. The van der Waals surface area contributed by atoms with Gasteiger partial charge in [-0.25, -0.2) is 23.0 Å².